The molecule has 0 aliphatic rings. The molecule has 0 radical (unpaired) electrons. The third-order valence-electron chi connectivity index (χ3n) is 6.16. The van der Waals surface area contributed by atoms with E-state index < -0.39 is 17.2 Å². The van der Waals surface area contributed by atoms with E-state index in [1.54, 1.807) is 0 Å². The van der Waals surface area contributed by atoms with Crippen LogP contribution in [0.2, 0.25) is 0 Å². The molecule has 2 unspecified atom stereocenters. The molecule has 0 fully saturated rings. The van der Waals surface area contributed by atoms with Crippen molar-refractivity contribution in [3.05, 3.63) is 71.3 Å². The maximum absolute atomic E-state index is 12.9. The summed E-state index contributed by atoms with van der Waals surface area (Å²) in [5.41, 5.74) is 0.417. The van der Waals surface area contributed by atoms with Gasteiger partial charge in [-0.1, -0.05) is 63.2 Å². The summed E-state index contributed by atoms with van der Waals surface area (Å²) >= 11 is 0. The van der Waals surface area contributed by atoms with Crippen molar-refractivity contribution in [3.8, 4) is 6.07 Å². The van der Waals surface area contributed by atoms with Gasteiger partial charge in [0, 0.05) is 6.04 Å². The molecule has 0 bridgehead atoms. The Morgan fingerprint density at radius 3 is 1.97 bits per heavy atom. The Balaban J connectivity index is 2.16. The lowest BCUT2D eigenvalue weighted by Crippen LogP contribution is -2.33. The summed E-state index contributed by atoms with van der Waals surface area (Å²) in [6.07, 6.45) is -2.98. The Morgan fingerprint density at radius 1 is 0.933 bits per heavy atom. The zero-order chi connectivity index (χ0) is 22.4. The fourth-order valence-corrected chi connectivity index (χ4v) is 4.10. The van der Waals surface area contributed by atoms with Crippen molar-refractivity contribution in [2.75, 3.05) is 13.1 Å². The van der Waals surface area contributed by atoms with Gasteiger partial charge >= 0.3 is 6.18 Å². The van der Waals surface area contributed by atoms with Gasteiger partial charge in [-0.25, -0.2) is 0 Å². The first-order valence-corrected chi connectivity index (χ1v) is 10.5. The maximum Gasteiger partial charge on any atom is 0.416 e. The second-order valence-corrected chi connectivity index (χ2v) is 8.13. The Labute approximate surface area is 178 Å². The molecule has 2 aromatic rings. The lowest BCUT2D eigenvalue weighted by Gasteiger charge is -2.34. The molecule has 0 aliphatic carbocycles. The molecule has 162 valence electrons. The molecule has 0 amide bonds. The molecule has 2 nitrogen and oxygen atoms in total. The third-order valence-corrected chi connectivity index (χ3v) is 6.16. The van der Waals surface area contributed by atoms with Gasteiger partial charge in [-0.15, -0.1) is 0 Å². The first-order valence-electron chi connectivity index (χ1n) is 10.5. The fraction of sp³-hybridized carbons (Fsp3) is 0.480. The number of halogens is 3. The van der Waals surface area contributed by atoms with E-state index in [-0.39, 0.29) is 12.0 Å². The van der Waals surface area contributed by atoms with Crippen LogP contribution in [-0.4, -0.2) is 18.0 Å². The fourth-order valence-electron chi connectivity index (χ4n) is 4.10. The Kier molecular flexibility index (Phi) is 8.09. The Hall–Kier alpha value is -2.32. The lowest BCUT2D eigenvalue weighted by molar-refractivity contribution is -0.137. The summed E-state index contributed by atoms with van der Waals surface area (Å²) in [5.74, 6) is -0.0131. The number of alkyl halides is 3. The van der Waals surface area contributed by atoms with E-state index in [9.17, 15) is 18.4 Å². The van der Waals surface area contributed by atoms with Gasteiger partial charge in [0.15, 0.2) is 0 Å². The number of benzene rings is 2. The van der Waals surface area contributed by atoms with E-state index in [1.165, 1.54) is 17.7 Å². The Bertz CT molecular complexity index is 822. The monoisotopic (exact) mass is 416 g/mol. The SMILES string of the molecule is CCN(CCCC(C#N)(c1ccc(C(F)(F)F)cc1)C(C)C)C(C)c1ccccc1. The van der Waals surface area contributed by atoms with E-state index in [2.05, 4.69) is 36.9 Å². The zero-order valence-corrected chi connectivity index (χ0v) is 18.2. The minimum absolute atomic E-state index is 0.0131. The van der Waals surface area contributed by atoms with Gasteiger partial charge in [-0.2, -0.15) is 18.4 Å². The molecule has 0 heterocycles. The molecule has 0 saturated heterocycles. The van der Waals surface area contributed by atoms with Crippen LogP contribution < -0.4 is 0 Å². The molecule has 30 heavy (non-hydrogen) atoms. The molecule has 0 spiro atoms. The molecule has 0 N–H and O–H groups in total. The molecule has 0 saturated carbocycles. The summed E-state index contributed by atoms with van der Waals surface area (Å²) in [7, 11) is 0. The third kappa shape index (κ3) is 5.43. The summed E-state index contributed by atoms with van der Waals surface area (Å²) in [6.45, 7) is 9.93. The average molecular weight is 417 g/mol. The van der Waals surface area contributed by atoms with Crippen LogP contribution in [0.3, 0.4) is 0 Å². The average Bonchev–Trinajstić information content (AvgIpc) is 2.73. The van der Waals surface area contributed by atoms with Crippen LogP contribution in [0.25, 0.3) is 0 Å². The first-order chi connectivity index (χ1) is 14.2. The highest BCUT2D eigenvalue weighted by Gasteiger charge is 2.37. The van der Waals surface area contributed by atoms with Crippen LogP contribution in [0.4, 0.5) is 13.2 Å². The van der Waals surface area contributed by atoms with Crippen molar-refractivity contribution < 1.29 is 13.2 Å². The van der Waals surface area contributed by atoms with Crippen LogP contribution >= 0.6 is 0 Å². The first kappa shape index (κ1) is 24.0. The minimum Gasteiger partial charge on any atom is -0.297 e. The maximum atomic E-state index is 12.9. The Morgan fingerprint density at radius 2 is 1.50 bits per heavy atom. The molecule has 0 aromatic heterocycles. The highest BCUT2D eigenvalue weighted by atomic mass is 19.4. The van der Waals surface area contributed by atoms with Gasteiger partial charge < -0.3 is 0 Å². The van der Waals surface area contributed by atoms with Crippen LogP contribution in [0.5, 0.6) is 0 Å². The number of hydrogen-bond acceptors (Lipinski definition) is 2. The van der Waals surface area contributed by atoms with Crippen LogP contribution in [0.15, 0.2) is 54.6 Å². The van der Waals surface area contributed by atoms with E-state index in [4.69, 9.17) is 0 Å². The van der Waals surface area contributed by atoms with E-state index in [0.29, 0.717) is 12.0 Å². The summed E-state index contributed by atoms with van der Waals surface area (Å²) in [6, 6.07) is 18.1. The summed E-state index contributed by atoms with van der Waals surface area (Å²) < 4.78 is 38.8. The van der Waals surface area contributed by atoms with E-state index in [1.807, 2.05) is 32.0 Å². The highest BCUT2D eigenvalue weighted by molar-refractivity contribution is 5.36. The summed E-state index contributed by atoms with van der Waals surface area (Å²) in [5, 5.41) is 10.1. The predicted octanol–water partition coefficient (Wildman–Crippen LogP) is 6.99. The number of hydrogen-bond donors (Lipinski definition) is 0. The number of nitrogens with zero attached hydrogens (tertiary/aromatic N) is 2. The van der Waals surface area contributed by atoms with Crippen molar-refractivity contribution in [3.63, 3.8) is 0 Å². The topological polar surface area (TPSA) is 27.0 Å². The molecular weight excluding hydrogens is 385 g/mol. The predicted molar refractivity (Wildman–Crippen MR) is 115 cm³/mol. The van der Waals surface area contributed by atoms with Gasteiger partial charge in [-0.05, 0) is 62.0 Å². The normalized spacial score (nSPS) is 15.1. The highest BCUT2D eigenvalue weighted by Crippen LogP contribution is 2.38. The zero-order valence-electron chi connectivity index (χ0n) is 18.2. The van der Waals surface area contributed by atoms with E-state index in [0.717, 1.165) is 31.6 Å². The smallest absolute Gasteiger partial charge is 0.297 e. The van der Waals surface area contributed by atoms with Crippen molar-refractivity contribution in [1.82, 2.24) is 4.90 Å². The van der Waals surface area contributed by atoms with E-state index >= 15 is 0 Å². The van der Waals surface area contributed by atoms with Gasteiger partial charge in [0.2, 0.25) is 0 Å². The second kappa shape index (κ2) is 10.1. The molecule has 0 aliphatic heterocycles. The van der Waals surface area contributed by atoms with Crippen molar-refractivity contribution in [2.24, 2.45) is 5.92 Å². The molecule has 2 rings (SSSR count). The lowest BCUT2D eigenvalue weighted by atomic mass is 9.69. The standard InChI is InChI=1S/C25H31F3N2/c1-5-30(20(4)21-10-7-6-8-11-21)17-9-16-24(18-29,19(2)3)22-12-14-23(15-13-22)25(26,27)28/h6-8,10-15,19-20H,5,9,16-17H2,1-4H3. The van der Waals surface area contributed by atoms with Crippen LogP contribution in [0, 0.1) is 17.2 Å². The number of rotatable bonds is 9. The van der Waals surface area contributed by atoms with Gasteiger partial charge in [0.05, 0.1) is 17.0 Å². The molecule has 5 heteroatoms. The summed E-state index contributed by atoms with van der Waals surface area (Å²) in [4.78, 5) is 2.37. The van der Waals surface area contributed by atoms with Crippen molar-refractivity contribution in [2.45, 2.75) is 58.2 Å². The van der Waals surface area contributed by atoms with Crippen molar-refractivity contribution >= 4 is 0 Å². The quantitative estimate of drug-likeness (QED) is 0.441. The van der Waals surface area contributed by atoms with Gasteiger partial charge in [0.1, 0.15) is 0 Å². The molecular formula is C25H31F3N2. The largest absolute Gasteiger partial charge is 0.416 e. The van der Waals surface area contributed by atoms with Crippen LogP contribution in [0.1, 0.15) is 63.3 Å². The second-order valence-electron chi connectivity index (χ2n) is 8.13. The van der Waals surface area contributed by atoms with Gasteiger partial charge in [0.25, 0.3) is 0 Å². The molecule has 2 atom stereocenters. The molecule has 2 aromatic carbocycles. The van der Waals surface area contributed by atoms with Crippen LogP contribution in [-0.2, 0) is 11.6 Å². The number of nitriles is 1. The van der Waals surface area contributed by atoms with Crippen molar-refractivity contribution in [1.29, 1.82) is 5.26 Å². The van der Waals surface area contributed by atoms with Gasteiger partial charge in [-0.3, -0.25) is 4.90 Å². The minimum atomic E-state index is -4.37.